The Morgan fingerprint density at radius 1 is 1.36 bits per heavy atom. The Balaban J connectivity index is 1.98. The number of fused-ring (bicyclic) bond motifs is 2. The monoisotopic (exact) mass is 431 g/mol. The molecule has 22 heavy (non-hydrogen) atoms. The van der Waals surface area contributed by atoms with Gasteiger partial charge in [-0.3, -0.25) is 0 Å². The average Bonchev–Trinajstić information content (AvgIpc) is 2.81. The van der Waals surface area contributed by atoms with Crippen molar-refractivity contribution in [2.24, 2.45) is 11.1 Å². The third-order valence-electron chi connectivity index (χ3n) is 4.79. The number of hydrogen-bond donors (Lipinski definition) is 1. The number of benzene rings is 1. The van der Waals surface area contributed by atoms with Crippen molar-refractivity contribution in [1.29, 1.82) is 0 Å². The molecule has 0 spiro atoms. The number of nitrogens with zero attached hydrogens (tertiary/aromatic N) is 1. The maximum absolute atomic E-state index is 10.5. The average molecular weight is 431 g/mol. The van der Waals surface area contributed by atoms with Crippen molar-refractivity contribution < 1.29 is 9.94 Å². The van der Waals surface area contributed by atoms with Crippen LogP contribution < -0.4 is 0 Å². The molecule has 2 aliphatic heterocycles. The molecule has 2 unspecified atom stereocenters. The Kier molecular flexibility index (Phi) is 5.35. The molecule has 120 valence electrons. The molecule has 0 radical (unpaired) electrons. The summed E-state index contributed by atoms with van der Waals surface area (Å²) in [6, 6.07) is 8.82. The SMILES string of the molecule is CCC(=NOC)[C@H]1[C@@H](c2ccc(I)cc2)CC2CC(O)[C@@H]1S2. The van der Waals surface area contributed by atoms with Crippen molar-refractivity contribution in [3.63, 3.8) is 0 Å². The van der Waals surface area contributed by atoms with Crippen molar-refractivity contribution in [2.75, 3.05) is 7.11 Å². The molecule has 0 aromatic heterocycles. The molecular weight excluding hydrogens is 409 g/mol. The molecule has 2 aliphatic rings. The highest BCUT2D eigenvalue weighted by Gasteiger charge is 2.49. The van der Waals surface area contributed by atoms with Gasteiger partial charge in [-0.1, -0.05) is 24.2 Å². The van der Waals surface area contributed by atoms with Crippen molar-refractivity contribution in [2.45, 2.75) is 48.7 Å². The molecule has 1 aromatic rings. The Labute approximate surface area is 150 Å². The van der Waals surface area contributed by atoms with E-state index in [0.717, 1.165) is 25.0 Å². The fourth-order valence-corrected chi connectivity index (χ4v) is 6.10. The van der Waals surface area contributed by atoms with Gasteiger partial charge in [-0.15, -0.1) is 0 Å². The number of rotatable bonds is 4. The lowest BCUT2D eigenvalue weighted by Gasteiger charge is -2.37. The molecule has 3 nitrogen and oxygen atoms in total. The van der Waals surface area contributed by atoms with E-state index in [1.165, 1.54) is 9.13 Å². The van der Waals surface area contributed by atoms with E-state index in [-0.39, 0.29) is 17.3 Å². The number of oxime groups is 1. The summed E-state index contributed by atoms with van der Waals surface area (Å²) in [4.78, 5) is 5.09. The van der Waals surface area contributed by atoms with E-state index in [9.17, 15) is 5.11 Å². The number of aliphatic hydroxyl groups excluding tert-OH is 1. The first-order chi connectivity index (χ1) is 10.6. The van der Waals surface area contributed by atoms with Crippen LogP contribution in [0.5, 0.6) is 0 Å². The molecule has 0 aliphatic carbocycles. The minimum absolute atomic E-state index is 0.220. The molecule has 5 heteroatoms. The van der Waals surface area contributed by atoms with Crippen LogP contribution in [0.1, 0.15) is 37.7 Å². The zero-order valence-electron chi connectivity index (χ0n) is 12.9. The van der Waals surface area contributed by atoms with E-state index in [1.807, 2.05) is 11.8 Å². The summed E-state index contributed by atoms with van der Waals surface area (Å²) in [6.45, 7) is 2.13. The minimum atomic E-state index is -0.220. The Hall–Kier alpha value is -0.270. The molecule has 1 N–H and O–H groups in total. The molecular formula is C17H22INO2S. The Bertz CT molecular complexity index is 548. The van der Waals surface area contributed by atoms with Gasteiger partial charge in [0.15, 0.2) is 0 Å². The van der Waals surface area contributed by atoms with Crippen molar-refractivity contribution in [3.8, 4) is 0 Å². The first-order valence-corrected chi connectivity index (χ1v) is 9.85. The van der Waals surface area contributed by atoms with E-state index >= 15 is 0 Å². The van der Waals surface area contributed by atoms with Crippen LogP contribution in [0.2, 0.25) is 0 Å². The van der Waals surface area contributed by atoms with Gasteiger partial charge in [-0.05, 0) is 65.5 Å². The normalized spacial score (nSPS) is 34.7. The summed E-state index contributed by atoms with van der Waals surface area (Å²) < 4.78 is 1.26. The van der Waals surface area contributed by atoms with E-state index < -0.39 is 0 Å². The number of halogens is 1. The van der Waals surface area contributed by atoms with E-state index in [0.29, 0.717) is 11.2 Å². The standard InChI is InChI=1S/C17H22INO2S/c1-3-14(19-21-2)16-13(10-4-6-11(18)7-5-10)8-12-9-15(20)17(16)22-12/h4-7,12-13,15-17,20H,3,8-9H2,1-2H3/t12?,13-,15?,16-,17+/m1/s1. The summed E-state index contributed by atoms with van der Waals surface area (Å²) >= 11 is 4.29. The molecule has 2 fully saturated rings. The zero-order valence-corrected chi connectivity index (χ0v) is 15.9. The van der Waals surface area contributed by atoms with Crippen molar-refractivity contribution >= 4 is 40.1 Å². The molecule has 2 saturated heterocycles. The number of hydrogen-bond acceptors (Lipinski definition) is 4. The highest BCUT2D eigenvalue weighted by molar-refractivity contribution is 14.1. The van der Waals surface area contributed by atoms with Crippen LogP contribution in [0.4, 0.5) is 0 Å². The number of aliphatic hydroxyl groups is 1. The Morgan fingerprint density at radius 2 is 2.09 bits per heavy atom. The fourth-order valence-electron chi connectivity index (χ4n) is 3.86. The van der Waals surface area contributed by atoms with Crippen LogP contribution in [-0.2, 0) is 4.84 Å². The quantitative estimate of drug-likeness (QED) is 0.445. The first-order valence-electron chi connectivity index (χ1n) is 7.83. The molecule has 3 rings (SSSR count). The molecule has 1 aromatic carbocycles. The predicted octanol–water partition coefficient (Wildman–Crippen LogP) is 4.04. The molecule has 0 amide bonds. The predicted molar refractivity (Wildman–Crippen MR) is 101 cm³/mol. The van der Waals surface area contributed by atoms with Gasteiger partial charge in [0.25, 0.3) is 0 Å². The zero-order chi connectivity index (χ0) is 15.7. The maximum atomic E-state index is 10.5. The van der Waals surface area contributed by atoms with Crippen molar-refractivity contribution in [3.05, 3.63) is 33.4 Å². The first kappa shape index (κ1) is 16.6. The van der Waals surface area contributed by atoms with Gasteiger partial charge < -0.3 is 9.94 Å². The van der Waals surface area contributed by atoms with Crippen LogP contribution in [0.3, 0.4) is 0 Å². The third-order valence-corrected chi connectivity index (χ3v) is 7.20. The van der Waals surface area contributed by atoms with Crippen LogP contribution in [0.25, 0.3) is 0 Å². The van der Waals surface area contributed by atoms with Gasteiger partial charge in [0.05, 0.1) is 11.8 Å². The van der Waals surface area contributed by atoms with Gasteiger partial charge in [0.2, 0.25) is 0 Å². The second kappa shape index (κ2) is 7.09. The number of thioether (sulfide) groups is 1. The van der Waals surface area contributed by atoms with Crippen LogP contribution in [-0.4, -0.2) is 34.5 Å². The summed E-state index contributed by atoms with van der Waals surface area (Å²) in [5, 5.41) is 15.6. The summed E-state index contributed by atoms with van der Waals surface area (Å²) in [7, 11) is 1.61. The largest absolute Gasteiger partial charge is 0.399 e. The van der Waals surface area contributed by atoms with E-state index in [1.54, 1.807) is 7.11 Å². The topological polar surface area (TPSA) is 41.8 Å². The second-order valence-corrected chi connectivity index (χ2v) is 8.79. The van der Waals surface area contributed by atoms with E-state index in [4.69, 9.17) is 4.84 Å². The van der Waals surface area contributed by atoms with Crippen LogP contribution >= 0.6 is 34.4 Å². The van der Waals surface area contributed by atoms with Gasteiger partial charge in [-0.25, -0.2) is 0 Å². The molecule has 2 bridgehead atoms. The highest BCUT2D eigenvalue weighted by Crippen LogP contribution is 2.53. The van der Waals surface area contributed by atoms with Gasteiger partial charge in [-0.2, -0.15) is 11.8 Å². The minimum Gasteiger partial charge on any atom is -0.399 e. The lowest BCUT2D eigenvalue weighted by Crippen LogP contribution is -2.38. The smallest absolute Gasteiger partial charge is 0.106 e. The van der Waals surface area contributed by atoms with Crippen molar-refractivity contribution in [1.82, 2.24) is 0 Å². The summed E-state index contributed by atoms with van der Waals surface area (Å²) in [6.07, 6.45) is 2.68. The fraction of sp³-hybridized carbons (Fsp3) is 0.588. The van der Waals surface area contributed by atoms with Crippen LogP contribution in [0.15, 0.2) is 29.4 Å². The van der Waals surface area contributed by atoms with E-state index in [2.05, 4.69) is 58.9 Å². The molecule has 2 heterocycles. The van der Waals surface area contributed by atoms with Gasteiger partial charge >= 0.3 is 0 Å². The molecule has 5 atom stereocenters. The van der Waals surface area contributed by atoms with Gasteiger partial charge in [0.1, 0.15) is 7.11 Å². The molecule has 0 saturated carbocycles. The maximum Gasteiger partial charge on any atom is 0.106 e. The lowest BCUT2D eigenvalue weighted by atomic mass is 9.78. The highest BCUT2D eigenvalue weighted by atomic mass is 127. The van der Waals surface area contributed by atoms with Gasteiger partial charge in [0, 0.05) is 20.0 Å². The summed E-state index contributed by atoms with van der Waals surface area (Å²) in [5.74, 6) is 0.697. The van der Waals surface area contributed by atoms with Crippen LogP contribution in [0, 0.1) is 9.49 Å². The third kappa shape index (κ3) is 3.17. The lowest BCUT2D eigenvalue weighted by molar-refractivity contribution is 0.162. The second-order valence-electron chi connectivity index (χ2n) is 6.06. The summed E-state index contributed by atoms with van der Waals surface area (Å²) in [5.41, 5.74) is 2.45. The Morgan fingerprint density at radius 3 is 2.73 bits per heavy atom.